The molecule has 3 rings (SSSR count). The topological polar surface area (TPSA) is 181 Å². The van der Waals surface area contributed by atoms with Crippen LogP contribution in [0.2, 0.25) is 0 Å². The first-order valence-electron chi connectivity index (χ1n) is 20.7. The number of ether oxygens (including phenoxy) is 2. The van der Waals surface area contributed by atoms with E-state index >= 15 is 0 Å². The number of amides is 5. The molecule has 2 heterocycles. The largest absolute Gasteiger partial charge is 0.460 e. The molecule has 0 aromatic heterocycles. The van der Waals surface area contributed by atoms with Gasteiger partial charge in [0, 0.05) is 20.0 Å². The second-order valence-corrected chi connectivity index (χ2v) is 17.2. The summed E-state index contributed by atoms with van der Waals surface area (Å²) in [4.78, 5) is 101. The Bertz CT molecular complexity index is 1580. The lowest BCUT2D eigenvalue weighted by atomic mass is 9.82. The van der Waals surface area contributed by atoms with E-state index in [2.05, 4.69) is 16.0 Å². The lowest BCUT2D eigenvalue weighted by Crippen LogP contribution is -2.60. The number of nitrogens with one attached hydrogen (secondary N) is 3. The van der Waals surface area contributed by atoms with Crippen LogP contribution >= 0.6 is 0 Å². The smallest absolute Gasteiger partial charge is 0.329 e. The monoisotopic (exact) mass is 797 g/mol. The summed E-state index contributed by atoms with van der Waals surface area (Å²) in [5, 5.41) is 8.40. The van der Waals surface area contributed by atoms with Crippen LogP contribution in [0.5, 0.6) is 0 Å². The zero-order valence-electron chi connectivity index (χ0n) is 35.9. The number of nitrogens with zero attached hydrogens (tertiary/aromatic N) is 2. The molecule has 0 aliphatic carbocycles. The van der Waals surface area contributed by atoms with Crippen LogP contribution in [0.1, 0.15) is 113 Å². The quantitative estimate of drug-likeness (QED) is 0.247. The summed E-state index contributed by atoms with van der Waals surface area (Å²) in [6.07, 6.45) is 1.32. The first kappa shape index (κ1) is 46.9. The molecule has 3 unspecified atom stereocenters. The molecule has 0 radical (unpaired) electrons. The van der Waals surface area contributed by atoms with Gasteiger partial charge in [-0.3, -0.25) is 24.0 Å². The van der Waals surface area contributed by atoms with Gasteiger partial charge in [0.05, 0.1) is 5.41 Å². The van der Waals surface area contributed by atoms with E-state index in [0.717, 1.165) is 18.4 Å². The lowest BCUT2D eigenvalue weighted by Gasteiger charge is -2.38. The molecule has 5 amide bonds. The van der Waals surface area contributed by atoms with Gasteiger partial charge in [-0.15, -0.1) is 0 Å². The predicted octanol–water partition coefficient (Wildman–Crippen LogP) is 3.93. The van der Waals surface area contributed by atoms with Crippen molar-refractivity contribution in [3.05, 3.63) is 35.9 Å². The molecule has 2 aliphatic rings. The number of carbonyl (C=O) groups excluding carboxylic acids is 7. The van der Waals surface area contributed by atoms with E-state index in [1.165, 1.54) is 23.8 Å². The van der Waals surface area contributed by atoms with E-state index in [1.807, 2.05) is 13.0 Å². The number of likely N-dealkylation sites (N-methyl/N-ethyl adjacent to an activating group) is 1. The number of unbranched alkanes of at least 4 members (excludes halogenated alkanes) is 2. The van der Waals surface area contributed by atoms with Crippen molar-refractivity contribution >= 4 is 41.5 Å². The number of cyclic esters (lactones) is 2. The van der Waals surface area contributed by atoms with Crippen molar-refractivity contribution in [1.82, 2.24) is 25.8 Å². The number of hydrogen-bond acceptors (Lipinski definition) is 9. The summed E-state index contributed by atoms with van der Waals surface area (Å²) in [6.45, 7) is 17.6. The SMILES string of the molecule is CCCCCC1OC(=O)[C@H](C)NC(=O)C(C(C)C)NC(=O)[C@@H]2CCCN2C(=O)[C@H](Cc2ccccc2)OC(=O)C(C(C)C)N(C)C(=O)[C@H](C(C)C)NC(=O)C1(C)C. The third-order valence-electron chi connectivity index (χ3n) is 11.2. The average Bonchev–Trinajstić information content (AvgIpc) is 3.64. The van der Waals surface area contributed by atoms with Crippen LogP contribution in [0.15, 0.2) is 30.3 Å². The van der Waals surface area contributed by atoms with Crippen LogP contribution in [0.3, 0.4) is 0 Å². The Kier molecular flexibility index (Phi) is 17.1. The predicted molar refractivity (Wildman–Crippen MR) is 215 cm³/mol. The minimum absolute atomic E-state index is 0.0168. The van der Waals surface area contributed by atoms with Crippen LogP contribution in [0.4, 0.5) is 0 Å². The van der Waals surface area contributed by atoms with Gasteiger partial charge in [-0.1, -0.05) is 91.6 Å². The van der Waals surface area contributed by atoms with Crippen molar-refractivity contribution in [2.24, 2.45) is 23.2 Å². The molecule has 3 N–H and O–H groups in total. The number of esters is 2. The highest BCUT2D eigenvalue weighted by atomic mass is 16.6. The van der Waals surface area contributed by atoms with Gasteiger partial charge in [-0.05, 0) is 69.8 Å². The second-order valence-electron chi connectivity index (χ2n) is 17.2. The zero-order chi connectivity index (χ0) is 42.8. The van der Waals surface area contributed by atoms with E-state index < -0.39 is 107 Å². The molecular formula is C43H67N5O9. The van der Waals surface area contributed by atoms with Gasteiger partial charge in [0.1, 0.15) is 36.3 Å². The average molecular weight is 798 g/mol. The van der Waals surface area contributed by atoms with Crippen molar-refractivity contribution in [3.63, 3.8) is 0 Å². The van der Waals surface area contributed by atoms with Gasteiger partial charge in [0.25, 0.3) is 5.91 Å². The maximum atomic E-state index is 14.4. The Morgan fingerprint density at radius 3 is 1.98 bits per heavy atom. The molecule has 57 heavy (non-hydrogen) atoms. The van der Waals surface area contributed by atoms with E-state index in [0.29, 0.717) is 25.7 Å². The fraction of sp³-hybridized carbons (Fsp3) is 0.698. The molecular weight excluding hydrogens is 730 g/mol. The van der Waals surface area contributed by atoms with Crippen molar-refractivity contribution in [2.75, 3.05) is 13.6 Å². The highest BCUT2D eigenvalue weighted by Crippen LogP contribution is 2.30. The van der Waals surface area contributed by atoms with E-state index in [9.17, 15) is 33.6 Å². The molecule has 1 aromatic carbocycles. The Balaban J connectivity index is 2.14. The molecule has 0 bridgehead atoms. The molecule has 14 nitrogen and oxygen atoms in total. The van der Waals surface area contributed by atoms with Crippen LogP contribution in [-0.4, -0.2) is 107 Å². The third kappa shape index (κ3) is 12.0. The highest BCUT2D eigenvalue weighted by molar-refractivity contribution is 5.96. The molecule has 318 valence electrons. The lowest BCUT2D eigenvalue weighted by molar-refractivity contribution is -0.169. The van der Waals surface area contributed by atoms with Crippen molar-refractivity contribution in [3.8, 4) is 0 Å². The van der Waals surface area contributed by atoms with E-state index in [4.69, 9.17) is 9.47 Å². The van der Waals surface area contributed by atoms with Crippen LogP contribution < -0.4 is 16.0 Å². The summed E-state index contributed by atoms with van der Waals surface area (Å²) in [5.74, 6) is -5.64. The Hall–Kier alpha value is -4.49. The number of rotatable bonds is 9. The molecule has 2 aliphatic heterocycles. The van der Waals surface area contributed by atoms with Crippen molar-refractivity contribution in [1.29, 1.82) is 0 Å². The fourth-order valence-electron chi connectivity index (χ4n) is 7.46. The molecule has 14 heteroatoms. The van der Waals surface area contributed by atoms with E-state index in [-0.39, 0.29) is 13.0 Å². The molecule has 1 aromatic rings. The normalized spacial score (nSPS) is 27.6. The summed E-state index contributed by atoms with van der Waals surface area (Å²) in [7, 11) is 1.48. The third-order valence-corrected chi connectivity index (χ3v) is 11.2. The molecule has 7 atom stereocenters. The Morgan fingerprint density at radius 1 is 0.772 bits per heavy atom. The summed E-state index contributed by atoms with van der Waals surface area (Å²) in [6, 6.07) is 3.70. The van der Waals surface area contributed by atoms with Crippen LogP contribution in [-0.2, 0) is 49.5 Å². The van der Waals surface area contributed by atoms with Crippen LogP contribution in [0.25, 0.3) is 0 Å². The number of benzene rings is 1. The van der Waals surface area contributed by atoms with Gasteiger partial charge >= 0.3 is 11.9 Å². The number of fused-ring (bicyclic) bond motifs is 1. The molecule has 0 spiro atoms. The van der Waals surface area contributed by atoms with Crippen LogP contribution in [0, 0.1) is 23.2 Å². The first-order chi connectivity index (χ1) is 26.7. The minimum Gasteiger partial charge on any atom is -0.460 e. The fourth-order valence-corrected chi connectivity index (χ4v) is 7.46. The number of hydrogen-bond donors (Lipinski definition) is 3. The highest BCUT2D eigenvalue weighted by Gasteiger charge is 2.45. The summed E-state index contributed by atoms with van der Waals surface area (Å²) >= 11 is 0. The maximum Gasteiger partial charge on any atom is 0.329 e. The summed E-state index contributed by atoms with van der Waals surface area (Å²) in [5.41, 5.74) is -0.600. The second kappa shape index (κ2) is 20.8. The Labute approximate surface area is 338 Å². The Morgan fingerprint density at radius 2 is 1.40 bits per heavy atom. The standard InChI is InChI=1S/C43H67N5O9/c1-12-13-15-22-32-43(9,10)42(55)46-34(26(4)5)39(52)47(11)35(27(6)7)41(54)56-31(24-29-19-16-14-17-20-29)38(51)48-23-18-21-30(48)36(49)45-33(25(2)3)37(50)44-28(8)40(53)57-32/h14,16-17,19-20,25-28,30-35H,12-13,15,18,21-24H2,1-11H3,(H,44,50)(H,45,49)(H,46,55)/t28-,30-,31-,32?,33?,34-,35?/m0/s1. The van der Waals surface area contributed by atoms with Gasteiger partial charge in [-0.2, -0.15) is 0 Å². The minimum atomic E-state index is -1.34. The van der Waals surface area contributed by atoms with Gasteiger partial charge < -0.3 is 35.2 Å². The molecule has 2 saturated heterocycles. The van der Waals surface area contributed by atoms with E-state index in [1.54, 1.807) is 79.7 Å². The summed E-state index contributed by atoms with van der Waals surface area (Å²) < 4.78 is 12.1. The molecule has 0 saturated carbocycles. The first-order valence-corrected chi connectivity index (χ1v) is 20.7. The van der Waals surface area contributed by atoms with Gasteiger partial charge in [-0.25, -0.2) is 9.59 Å². The molecule has 2 fully saturated rings. The van der Waals surface area contributed by atoms with Gasteiger partial charge in [0.15, 0.2) is 6.10 Å². The zero-order valence-corrected chi connectivity index (χ0v) is 35.9. The maximum absolute atomic E-state index is 14.4. The number of carbonyl (C=O) groups is 7. The van der Waals surface area contributed by atoms with Gasteiger partial charge in [0.2, 0.25) is 23.6 Å². The van der Waals surface area contributed by atoms with Crippen molar-refractivity contribution in [2.45, 2.75) is 157 Å². The van der Waals surface area contributed by atoms with Crippen molar-refractivity contribution < 1.29 is 43.0 Å².